The first-order valence-corrected chi connectivity index (χ1v) is 14.3. The number of ether oxygens (including phenoxy) is 2. The number of aliphatic hydroxyl groups is 1. The summed E-state index contributed by atoms with van der Waals surface area (Å²) in [6.45, 7) is 21.6. The van der Waals surface area contributed by atoms with Crippen LogP contribution in [0.1, 0.15) is 81.6 Å². The van der Waals surface area contributed by atoms with Gasteiger partial charge in [0.05, 0.1) is 19.0 Å². The van der Waals surface area contributed by atoms with E-state index in [1.54, 1.807) is 7.11 Å². The first-order chi connectivity index (χ1) is 14.5. The fraction of sp³-hybridized carbons (Fsp3) is 0.846. The predicted octanol–water partition coefficient (Wildman–Crippen LogP) is 7.06. The van der Waals surface area contributed by atoms with Gasteiger partial charge in [-0.3, -0.25) is 0 Å². The van der Waals surface area contributed by atoms with E-state index in [9.17, 15) is 5.11 Å². The van der Waals surface area contributed by atoms with Crippen molar-refractivity contribution in [2.45, 2.75) is 98.2 Å². The Morgan fingerprint density at radius 3 is 2.19 bits per heavy atom. The molecule has 0 aromatic rings. The van der Waals surface area contributed by atoms with Gasteiger partial charge in [0.1, 0.15) is 6.79 Å². The van der Waals surface area contributed by atoms with E-state index in [1.807, 2.05) is 0 Å². The van der Waals surface area contributed by atoms with Crippen molar-refractivity contribution in [2.24, 2.45) is 17.3 Å². The molecular weight excluding hydrogens is 404 g/mol. The van der Waals surface area contributed by atoms with Crippen LogP contribution >= 0.6 is 0 Å². The second-order valence-electron chi connectivity index (χ2n) is 10.8. The van der Waals surface area contributed by atoms with Gasteiger partial charge in [-0.15, -0.1) is 0 Å². The number of methoxy groups -OCH3 is 1. The Kier molecular flexibility index (Phi) is 11.5. The molecule has 0 saturated carbocycles. The molecule has 0 unspecified atom stereocenters. The molecule has 0 heterocycles. The Hall–Kier alpha value is -0.623. The lowest BCUT2D eigenvalue weighted by molar-refractivity contribution is -0.0782. The van der Waals surface area contributed by atoms with E-state index in [0.717, 1.165) is 25.0 Å². The van der Waals surface area contributed by atoms with Crippen molar-refractivity contribution in [3.63, 3.8) is 0 Å². The van der Waals surface area contributed by atoms with Gasteiger partial charge in [-0.05, 0) is 67.1 Å². The minimum atomic E-state index is -2.08. The quantitative estimate of drug-likeness (QED) is 0.140. The van der Waals surface area contributed by atoms with E-state index in [0.29, 0.717) is 35.9 Å². The Morgan fingerprint density at radius 1 is 1.16 bits per heavy atom. The van der Waals surface area contributed by atoms with Crippen LogP contribution < -0.4 is 0 Å². The fourth-order valence-electron chi connectivity index (χ4n) is 5.83. The molecule has 1 N–H and O–H groups in total. The van der Waals surface area contributed by atoms with Crippen molar-refractivity contribution in [3.05, 3.63) is 23.5 Å². The molecule has 0 amide bonds. The molecule has 0 aromatic carbocycles. The van der Waals surface area contributed by atoms with E-state index in [2.05, 4.69) is 74.5 Å². The van der Waals surface area contributed by atoms with Crippen LogP contribution in [0.15, 0.2) is 23.5 Å². The summed E-state index contributed by atoms with van der Waals surface area (Å²) in [5.41, 5.74) is 2.76. The zero-order valence-electron chi connectivity index (χ0n) is 22.0. The number of aliphatic hydroxyl groups excluding tert-OH is 1. The molecular formula is C26H50O4Si. The fourth-order valence-corrected chi connectivity index (χ4v) is 11.2. The number of hydrogen-bond donors (Lipinski definition) is 1. The highest BCUT2D eigenvalue weighted by atomic mass is 28.4. The highest BCUT2D eigenvalue weighted by Gasteiger charge is 2.51. The first kappa shape index (κ1) is 28.4. The monoisotopic (exact) mass is 454 g/mol. The van der Waals surface area contributed by atoms with E-state index in [4.69, 9.17) is 13.9 Å². The normalized spacial score (nSPS) is 24.6. The second kappa shape index (κ2) is 12.6. The predicted molar refractivity (Wildman–Crippen MR) is 133 cm³/mol. The summed E-state index contributed by atoms with van der Waals surface area (Å²) in [5.74, 6) is 1.35. The van der Waals surface area contributed by atoms with E-state index >= 15 is 0 Å². The smallest absolute Gasteiger partial charge is 0.258 e. The minimum absolute atomic E-state index is 0.00826. The lowest BCUT2D eigenvalue weighted by Crippen LogP contribution is -2.51. The maximum Gasteiger partial charge on any atom is 0.258 e. The molecule has 1 aliphatic carbocycles. The summed E-state index contributed by atoms with van der Waals surface area (Å²) in [7, 11) is -0.423. The largest absolute Gasteiger partial charge is 0.546 e. The first-order valence-electron chi connectivity index (χ1n) is 12.2. The Balaban J connectivity index is 3.33. The summed E-state index contributed by atoms with van der Waals surface area (Å²) in [4.78, 5) is 0. The van der Waals surface area contributed by atoms with Gasteiger partial charge in [0, 0.05) is 13.0 Å². The third kappa shape index (κ3) is 6.69. The van der Waals surface area contributed by atoms with E-state index in [1.165, 1.54) is 5.57 Å². The van der Waals surface area contributed by atoms with Gasteiger partial charge in [-0.2, -0.15) is 0 Å². The molecule has 0 spiro atoms. The Morgan fingerprint density at radius 2 is 1.74 bits per heavy atom. The van der Waals surface area contributed by atoms with Crippen LogP contribution in [0.2, 0.25) is 16.6 Å². The van der Waals surface area contributed by atoms with Crippen LogP contribution in [0, 0.1) is 17.3 Å². The molecule has 31 heavy (non-hydrogen) atoms. The van der Waals surface area contributed by atoms with Gasteiger partial charge in [0.15, 0.2) is 0 Å². The number of hydrogen-bond acceptors (Lipinski definition) is 4. The molecule has 0 saturated heterocycles. The zero-order valence-corrected chi connectivity index (χ0v) is 23.0. The average molecular weight is 455 g/mol. The number of allylic oxidation sites excluding steroid dienone is 3. The van der Waals surface area contributed by atoms with Gasteiger partial charge in [0.25, 0.3) is 8.32 Å². The molecule has 0 aromatic heterocycles. The molecule has 1 aliphatic rings. The minimum Gasteiger partial charge on any atom is -0.546 e. The number of rotatable bonds is 13. The van der Waals surface area contributed by atoms with Crippen LogP contribution in [-0.4, -0.2) is 40.5 Å². The molecule has 182 valence electrons. The Bertz CT molecular complexity index is 570. The van der Waals surface area contributed by atoms with Crippen molar-refractivity contribution >= 4 is 8.32 Å². The highest BCUT2D eigenvalue weighted by Crippen LogP contribution is 2.52. The zero-order chi connectivity index (χ0) is 23.8. The van der Waals surface area contributed by atoms with Crippen molar-refractivity contribution < 1.29 is 19.0 Å². The van der Waals surface area contributed by atoms with Crippen molar-refractivity contribution in [1.29, 1.82) is 0 Å². The third-order valence-corrected chi connectivity index (χ3v) is 13.6. The Labute approximate surface area is 193 Å². The van der Waals surface area contributed by atoms with Gasteiger partial charge in [-0.25, -0.2) is 0 Å². The van der Waals surface area contributed by atoms with Crippen molar-refractivity contribution in [2.75, 3.05) is 27.1 Å². The van der Waals surface area contributed by atoms with Gasteiger partial charge < -0.3 is 19.0 Å². The molecule has 1 rings (SSSR count). The topological polar surface area (TPSA) is 47.9 Å². The summed E-state index contributed by atoms with van der Waals surface area (Å²) in [6, 6.07) is 0. The van der Waals surface area contributed by atoms with Crippen LogP contribution in [0.4, 0.5) is 0 Å². The van der Waals surface area contributed by atoms with Gasteiger partial charge in [0.2, 0.25) is 0 Å². The third-order valence-electron chi connectivity index (χ3n) is 7.62. The van der Waals surface area contributed by atoms with Crippen LogP contribution in [0.3, 0.4) is 0 Å². The summed E-state index contributed by atoms with van der Waals surface area (Å²) >= 11 is 0. The summed E-state index contributed by atoms with van der Waals surface area (Å²) in [6.07, 6.45) is 7.50. The van der Waals surface area contributed by atoms with E-state index < -0.39 is 8.32 Å². The van der Waals surface area contributed by atoms with Crippen LogP contribution in [0.5, 0.6) is 0 Å². The van der Waals surface area contributed by atoms with Gasteiger partial charge >= 0.3 is 0 Å². The maximum atomic E-state index is 10.6. The lowest BCUT2D eigenvalue weighted by Gasteiger charge is -2.51. The van der Waals surface area contributed by atoms with Crippen LogP contribution in [-0.2, 0) is 13.9 Å². The standard InChI is InChI=1S/C26H50O4Si/c1-19(2)12-11-15-26(9)23(17-29-18-28-10)13-14-25(24(26)16-27)30-31(20(3)4,21(5)6)22(7)8/h12,14,20-24,27H,11,13,15-18H2,1-10H3/t23-,24-,26-/m0/s1. The van der Waals surface area contributed by atoms with Gasteiger partial charge in [-0.1, -0.05) is 60.1 Å². The molecule has 3 atom stereocenters. The molecule has 4 nitrogen and oxygen atoms in total. The molecule has 0 bridgehead atoms. The van der Waals surface area contributed by atoms with E-state index in [-0.39, 0.29) is 17.9 Å². The molecule has 0 fully saturated rings. The maximum absolute atomic E-state index is 10.6. The molecule has 5 heteroatoms. The lowest BCUT2D eigenvalue weighted by atomic mass is 9.61. The molecule has 0 radical (unpaired) electrons. The second-order valence-corrected chi connectivity index (χ2v) is 16.2. The average Bonchev–Trinajstić information content (AvgIpc) is 2.66. The van der Waals surface area contributed by atoms with Crippen molar-refractivity contribution in [1.82, 2.24) is 0 Å². The van der Waals surface area contributed by atoms with Crippen molar-refractivity contribution in [3.8, 4) is 0 Å². The highest BCUT2D eigenvalue weighted by molar-refractivity contribution is 6.77. The SMILES string of the molecule is COCOC[C@@H]1CC=C(O[Si](C(C)C)(C(C)C)C(C)C)[C@H](CO)[C@@]1(C)CCC=C(C)C. The summed E-state index contributed by atoms with van der Waals surface area (Å²) < 4.78 is 18.0. The summed E-state index contributed by atoms with van der Waals surface area (Å²) in [5, 5.41) is 10.6. The van der Waals surface area contributed by atoms with Crippen LogP contribution in [0.25, 0.3) is 0 Å². The molecule has 0 aliphatic heterocycles.